The van der Waals surface area contributed by atoms with Crippen LogP contribution in [0.4, 0.5) is 14.9 Å². The predicted octanol–water partition coefficient (Wildman–Crippen LogP) is 9.38. The Morgan fingerprint density at radius 1 is 0.847 bits per heavy atom. The van der Waals surface area contributed by atoms with Gasteiger partial charge in [0.15, 0.2) is 11.0 Å². The van der Waals surface area contributed by atoms with Gasteiger partial charge in [-0.25, -0.2) is 13.4 Å². The first-order valence-corrected chi connectivity index (χ1v) is 26.8. The third-order valence-electron chi connectivity index (χ3n) is 14.2. The Bertz CT molecular complexity index is 2500. The van der Waals surface area contributed by atoms with E-state index in [-0.39, 0.29) is 32.4 Å². The molecule has 4 N–H and O–H groups in total. The fourth-order valence-corrected chi connectivity index (χ4v) is 11.5. The third-order valence-corrected chi connectivity index (χ3v) is 16.5. The molecule has 2 amide bonds. The second-order valence-corrected chi connectivity index (χ2v) is 21.5. The Labute approximate surface area is 443 Å². The minimum Gasteiger partial charge on any atom is -0.490 e. The molecule has 2 atom stereocenters. The third kappa shape index (κ3) is 15.4. The number of anilines is 1. The van der Waals surface area contributed by atoms with E-state index in [2.05, 4.69) is 25.5 Å². The monoisotopic (exact) mass is 1070 g/mol. The van der Waals surface area contributed by atoms with Crippen LogP contribution >= 0.6 is 34.8 Å². The summed E-state index contributed by atoms with van der Waals surface area (Å²) in [4.78, 5) is 36.0. The summed E-state index contributed by atoms with van der Waals surface area (Å²) in [6.07, 6.45) is 8.23. The van der Waals surface area contributed by atoms with Crippen molar-refractivity contribution in [2.24, 2.45) is 5.92 Å². The molecule has 4 aromatic carbocycles. The first-order valence-electron chi connectivity index (χ1n) is 24.5. The first kappa shape index (κ1) is 56.6. The summed E-state index contributed by atoms with van der Waals surface area (Å²) in [5.74, 6) is 0.925. The zero-order chi connectivity index (χ0) is 50.6. The molecule has 4 heterocycles. The minimum absolute atomic E-state index is 0. The highest BCUT2D eigenvalue weighted by Gasteiger charge is 2.33. The summed E-state index contributed by atoms with van der Waals surface area (Å²) in [5.41, 5.74) is 2.95. The Morgan fingerprint density at radius 3 is 2.11 bits per heavy atom. The van der Waals surface area contributed by atoms with E-state index in [0.717, 1.165) is 125 Å². The number of rotatable bonds is 14. The molecule has 19 heteroatoms. The van der Waals surface area contributed by atoms with Gasteiger partial charge in [-0.2, -0.15) is 5.26 Å². The molecule has 1 unspecified atom stereocenters. The number of aliphatic carboxylic acids is 1. The zero-order valence-electron chi connectivity index (χ0n) is 41.2. The van der Waals surface area contributed by atoms with Crippen LogP contribution in [0.2, 0.25) is 15.1 Å². The number of carbonyl (C=O) groups is 2. The highest BCUT2D eigenvalue weighted by molar-refractivity contribution is 7.83. The van der Waals surface area contributed by atoms with Gasteiger partial charge in [0.25, 0.3) is 0 Å². The first-order chi connectivity index (χ1) is 34.1. The number of carboxylic acids is 1. The van der Waals surface area contributed by atoms with Crippen LogP contribution in [-0.2, 0) is 22.2 Å². The lowest BCUT2D eigenvalue weighted by Crippen LogP contribution is -2.52. The average molecular weight is 1080 g/mol. The van der Waals surface area contributed by atoms with Crippen molar-refractivity contribution in [1.29, 1.82) is 5.26 Å². The smallest absolute Gasteiger partial charge is 0.329 e. The maximum absolute atomic E-state index is 13.2. The van der Waals surface area contributed by atoms with Crippen molar-refractivity contribution in [3.8, 4) is 17.6 Å². The standard InChI is InChI=1S/C28H33ClFN3O3.C25H32Cl2N4O3S.H2O.2H2/c1-19-26(7-4-22(17-31)27(19)29)36-24-10-12-32(13-11-24)18-21-8-14-33(15-9-21)25(28(34)35)16-20-2-5-23(30)6-3-20;1-29(2)23-5-3-4-6-24(23)35(33)28-25(32)31-13-9-18(10-14-31)30-15-11-19(12-16-30)34-20-7-8-21(26)22(27)17-20;;;/h2-7,21,24-25H,8-16,18H2,1H3,(H,34,35);3-8,17-19H,9-16H2,1-2H3,(H,28,32);1H2;2*1H/t25-;;;;/m1..../s1. The van der Waals surface area contributed by atoms with Gasteiger partial charge in [0.1, 0.15) is 41.6 Å². The normalized spacial score (nSPS) is 18.7. The molecule has 0 aliphatic carbocycles. The molecule has 0 spiro atoms. The van der Waals surface area contributed by atoms with E-state index in [1.807, 2.05) is 56.3 Å². The number of nitriles is 1. The van der Waals surface area contributed by atoms with Crippen LogP contribution in [0.3, 0.4) is 0 Å². The number of hydrogen-bond donors (Lipinski definition) is 2. The van der Waals surface area contributed by atoms with Crippen LogP contribution in [0.15, 0.2) is 83.8 Å². The highest BCUT2D eigenvalue weighted by atomic mass is 35.5. The van der Waals surface area contributed by atoms with Gasteiger partial charge < -0.3 is 34.8 Å². The van der Waals surface area contributed by atoms with Gasteiger partial charge in [0, 0.05) is 80.4 Å². The van der Waals surface area contributed by atoms with Crippen molar-refractivity contribution in [3.05, 3.63) is 116 Å². The number of benzene rings is 4. The van der Waals surface area contributed by atoms with Gasteiger partial charge in [-0.1, -0.05) is 59.1 Å². The van der Waals surface area contributed by atoms with Crippen molar-refractivity contribution in [2.45, 2.75) is 93.9 Å². The summed E-state index contributed by atoms with van der Waals surface area (Å²) in [6, 6.07) is 24.1. The second kappa shape index (κ2) is 27.0. The van der Waals surface area contributed by atoms with Gasteiger partial charge in [0.2, 0.25) is 0 Å². The molecule has 4 aromatic rings. The summed E-state index contributed by atoms with van der Waals surface area (Å²) in [6.45, 7) is 9.62. The molecule has 0 radical (unpaired) electrons. The predicted molar refractivity (Wildman–Crippen MR) is 287 cm³/mol. The van der Waals surface area contributed by atoms with Gasteiger partial charge >= 0.3 is 12.0 Å². The molecule has 8 rings (SSSR count). The zero-order valence-corrected chi connectivity index (χ0v) is 44.3. The van der Waals surface area contributed by atoms with Crippen LogP contribution in [0, 0.1) is 30.0 Å². The lowest BCUT2D eigenvalue weighted by Gasteiger charge is -2.41. The molecule has 4 saturated heterocycles. The van der Waals surface area contributed by atoms with Crippen molar-refractivity contribution < 1.29 is 41.1 Å². The average Bonchev–Trinajstić information content (AvgIpc) is 3.37. The van der Waals surface area contributed by atoms with Crippen LogP contribution in [-0.4, -0.2) is 144 Å². The molecule has 4 fully saturated rings. The van der Waals surface area contributed by atoms with Crippen LogP contribution in [0.1, 0.15) is 70.9 Å². The van der Waals surface area contributed by atoms with E-state index in [4.69, 9.17) is 49.5 Å². The van der Waals surface area contributed by atoms with Crippen LogP contribution in [0.5, 0.6) is 11.5 Å². The van der Waals surface area contributed by atoms with Gasteiger partial charge in [-0.05, 0) is 138 Å². The number of hydrogen-bond acceptors (Lipinski definition) is 10. The number of amides is 2. The van der Waals surface area contributed by atoms with E-state index >= 15 is 0 Å². The Morgan fingerprint density at radius 2 is 1.49 bits per heavy atom. The van der Waals surface area contributed by atoms with E-state index in [9.17, 15) is 23.3 Å². The van der Waals surface area contributed by atoms with E-state index in [1.165, 1.54) is 12.1 Å². The Hall–Kier alpha value is -4.70. The molecular weight excluding hydrogens is 1000 g/mol. The van der Waals surface area contributed by atoms with Crippen molar-refractivity contribution in [1.82, 2.24) is 24.3 Å². The Balaban J connectivity index is 0.000000308. The van der Waals surface area contributed by atoms with E-state index < -0.39 is 23.0 Å². The van der Waals surface area contributed by atoms with Gasteiger partial charge in [0.05, 0.1) is 31.2 Å². The van der Waals surface area contributed by atoms with E-state index in [1.54, 1.807) is 41.3 Å². The highest BCUT2D eigenvalue weighted by Crippen LogP contribution is 2.33. The molecule has 4 aliphatic heterocycles. The molecular formula is C53H71Cl3FN7O7S. The van der Waals surface area contributed by atoms with Crippen molar-refractivity contribution in [2.75, 3.05) is 77.9 Å². The molecule has 0 saturated carbocycles. The number of ether oxygens (including phenoxy) is 2. The number of urea groups is 1. The fourth-order valence-electron chi connectivity index (χ4n) is 10.0. The maximum Gasteiger partial charge on any atom is 0.329 e. The lowest BCUT2D eigenvalue weighted by molar-refractivity contribution is -0.144. The van der Waals surface area contributed by atoms with Gasteiger partial charge in [-0.3, -0.25) is 19.3 Å². The number of nitrogens with one attached hydrogen (secondary N) is 1. The molecule has 4 aliphatic rings. The van der Waals surface area contributed by atoms with Crippen molar-refractivity contribution in [3.63, 3.8) is 0 Å². The number of carboxylic acid groups (broad SMARTS) is 1. The number of piperidine rings is 4. The number of para-hydroxylation sites is 1. The van der Waals surface area contributed by atoms with Gasteiger partial charge in [-0.15, -0.1) is 0 Å². The van der Waals surface area contributed by atoms with Crippen LogP contribution < -0.4 is 19.1 Å². The fraction of sp³-hybridized carbons (Fsp3) is 0.491. The molecule has 72 heavy (non-hydrogen) atoms. The Kier molecular flexibility index (Phi) is 21.2. The minimum atomic E-state index is -1.61. The number of halogens is 4. The van der Waals surface area contributed by atoms with E-state index in [0.29, 0.717) is 57.0 Å². The van der Waals surface area contributed by atoms with Crippen molar-refractivity contribution >= 4 is 63.5 Å². The van der Waals surface area contributed by atoms with Crippen LogP contribution in [0.25, 0.3) is 0 Å². The second-order valence-electron chi connectivity index (χ2n) is 19.1. The number of nitrogens with zero attached hydrogens (tertiary/aromatic N) is 6. The largest absolute Gasteiger partial charge is 0.490 e. The molecule has 0 bridgehead atoms. The summed E-state index contributed by atoms with van der Waals surface area (Å²) < 4.78 is 41.0. The summed E-state index contributed by atoms with van der Waals surface area (Å²) >= 11 is 18.4. The number of likely N-dealkylation sites (tertiary alicyclic amines) is 4. The molecule has 394 valence electrons. The number of carbonyl (C=O) groups excluding carboxylic acids is 1. The topological polar surface area (TPSA) is 173 Å². The summed E-state index contributed by atoms with van der Waals surface area (Å²) in [5, 5.41) is 20.4. The maximum atomic E-state index is 13.2. The summed E-state index contributed by atoms with van der Waals surface area (Å²) in [7, 11) is 2.18. The SMILES string of the molecule is CN(C)c1ccccc1S(=O)NC(=O)N1CCC(N2CCC(Oc3ccc(Cl)c(Cl)c3)CC2)CC1.Cc1c(OC2CCN(CC3CCN([C@H](Cc4ccc(F)cc4)C(=O)O)CC3)CC2)ccc(C#N)c1Cl.O.[HH].[HH]. The molecule has 0 aromatic heterocycles. The quantitative estimate of drug-likeness (QED) is 0.123. The lowest BCUT2D eigenvalue weighted by atomic mass is 9.93. The molecule has 14 nitrogen and oxygen atoms in total.